The molecule has 1 amide bonds. The van der Waals surface area contributed by atoms with Gasteiger partial charge in [0.25, 0.3) is 5.91 Å². The van der Waals surface area contributed by atoms with Gasteiger partial charge in [-0.1, -0.05) is 30.5 Å². The van der Waals surface area contributed by atoms with Crippen LogP contribution in [-0.4, -0.2) is 36.7 Å². The Balaban J connectivity index is 1.48. The Bertz CT molecular complexity index is 1250. The van der Waals surface area contributed by atoms with E-state index in [4.69, 9.17) is 0 Å². The molecule has 0 spiro atoms. The molecular weight excluding hydrogens is 454 g/mol. The fourth-order valence-corrected chi connectivity index (χ4v) is 6.72. The van der Waals surface area contributed by atoms with Crippen LogP contribution in [0, 0.1) is 20.8 Å². The molecule has 0 unspecified atom stereocenters. The zero-order valence-electron chi connectivity index (χ0n) is 19.4. The molecule has 0 radical (unpaired) electrons. The maximum atomic E-state index is 12.9. The van der Waals surface area contributed by atoms with Gasteiger partial charge in [0.15, 0.2) is 5.13 Å². The van der Waals surface area contributed by atoms with Crippen LogP contribution in [0.1, 0.15) is 52.7 Å². The summed E-state index contributed by atoms with van der Waals surface area (Å²) < 4.78 is 27.3. The van der Waals surface area contributed by atoms with Gasteiger partial charge >= 0.3 is 0 Å². The first-order valence-electron chi connectivity index (χ1n) is 11.1. The number of carbonyl (C=O) groups is 1. The maximum Gasteiger partial charge on any atom is 0.257 e. The van der Waals surface area contributed by atoms with E-state index < -0.39 is 10.0 Å². The number of aryl methyl sites for hydroxylation is 3. The third kappa shape index (κ3) is 4.88. The summed E-state index contributed by atoms with van der Waals surface area (Å²) in [6.45, 7) is 6.19. The number of nitrogens with zero attached hydrogens (tertiary/aromatic N) is 2. The van der Waals surface area contributed by atoms with Gasteiger partial charge in [0, 0.05) is 29.6 Å². The van der Waals surface area contributed by atoms with Crippen LogP contribution in [0.2, 0.25) is 0 Å². The third-order valence-corrected chi connectivity index (χ3v) is 8.97. The minimum absolute atomic E-state index is 0.0536. The quantitative estimate of drug-likeness (QED) is 0.498. The van der Waals surface area contributed by atoms with Crippen molar-refractivity contribution in [3.8, 4) is 11.3 Å². The van der Waals surface area contributed by atoms with Gasteiger partial charge in [0.2, 0.25) is 10.0 Å². The summed E-state index contributed by atoms with van der Waals surface area (Å²) in [4.78, 5) is 17.5. The molecule has 1 fully saturated rings. The number of thiazole rings is 1. The third-order valence-electron chi connectivity index (χ3n) is 6.29. The number of rotatable bonds is 6. The Kier molecular flexibility index (Phi) is 6.70. The van der Waals surface area contributed by atoms with Crippen LogP contribution in [0.4, 0.5) is 5.13 Å². The molecule has 0 atom stereocenters. The normalized spacial score (nSPS) is 14.7. The van der Waals surface area contributed by atoms with E-state index in [2.05, 4.69) is 43.2 Å². The van der Waals surface area contributed by atoms with Crippen molar-refractivity contribution in [2.75, 3.05) is 12.4 Å². The summed E-state index contributed by atoms with van der Waals surface area (Å²) in [5, 5.41) is 5.28. The van der Waals surface area contributed by atoms with Crippen LogP contribution < -0.4 is 5.32 Å². The van der Waals surface area contributed by atoms with Gasteiger partial charge in [-0.2, -0.15) is 4.31 Å². The summed E-state index contributed by atoms with van der Waals surface area (Å²) in [5.74, 6) is -0.318. The smallest absolute Gasteiger partial charge is 0.257 e. The van der Waals surface area contributed by atoms with E-state index in [0.717, 1.165) is 48.1 Å². The molecule has 33 heavy (non-hydrogen) atoms. The summed E-state index contributed by atoms with van der Waals surface area (Å²) in [7, 11) is -1.93. The van der Waals surface area contributed by atoms with E-state index in [1.54, 1.807) is 19.2 Å². The second-order valence-corrected chi connectivity index (χ2v) is 11.6. The SMILES string of the molecule is Cc1cc(C)c(-c2csc(NC(=O)c3ccc(S(=O)(=O)N(C)C4CCCC4)cc3)n2)c(C)c1. The van der Waals surface area contributed by atoms with Crippen molar-refractivity contribution in [1.82, 2.24) is 9.29 Å². The van der Waals surface area contributed by atoms with Gasteiger partial charge in [0.05, 0.1) is 10.6 Å². The van der Waals surface area contributed by atoms with Gasteiger partial charge in [0.1, 0.15) is 0 Å². The Morgan fingerprint density at radius 2 is 1.67 bits per heavy atom. The molecule has 8 heteroatoms. The van der Waals surface area contributed by atoms with Crippen LogP contribution in [-0.2, 0) is 10.0 Å². The molecule has 0 saturated heterocycles. The van der Waals surface area contributed by atoms with Gasteiger partial charge in [-0.25, -0.2) is 13.4 Å². The average Bonchev–Trinajstić information content (AvgIpc) is 3.45. The van der Waals surface area contributed by atoms with Crippen molar-refractivity contribution in [3.05, 3.63) is 64.0 Å². The van der Waals surface area contributed by atoms with Crippen LogP contribution in [0.25, 0.3) is 11.3 Å². The zero-order valence-corrected chi connectivity index (χ0v) is 21.0. The highest BCUT2D eigenvalue weighted by molar-refractivity contribution is 7.89. The fraction of sp³-hybridized carbons (Fsp3) is 0.360. The first-order chi connectivity index (χ1) is 15.7. The van der Waals surface area contributed by atoms with Crippen molar-refractivity contribution in [2.45, 2.75) is 57.4 Å². The van der Waals surface area contributed by atoms with Crippen molar-refractivity contribution < 1.29 is 13.2 Å². The summed E-state index contributed by atoms with van der Waals surface area (Å²) in [6.07, 6.45) is 3.91. The number of carbonyl (C=O) groups excluding carboxylic acids is 1. The Morgan fingerprint density at radius 3 is 2.27 bits per heavy atom. The number of anilines is 1. The lowest BCUT2D eigenvalue weighted by molar-refractivity contribution is 0.102. The molecule has 174 valence electrons. The predicted octanol–water partition coefficient (Wildman–Crippen LogP) is 5.55. The second-order valence-electron chi connectivity index (χ2n) is 8.75. The van der Waals surface area contributed by atoms with Gasteiger partial charge in [-0.05, 0) is 69.0 Å². The molecule has 0 aliphatic heterocycles. The number of benzene rings is 2. The molecule has 4 rings (SSSR count). The first kappa shape index (κ1) is 23.6. The number of hydrogen-bond acceptors (Lipinski definition) is 5. The Morgan fingerprint density at radius 1 is 1.06 bits per heavy atom. The molecular formula is C25H29N3O3S2. The zero-order chi connectivity index (χ0) is 23.8. The molecule has 3 aromatic rings. The lowest BCUT2D eigenvalue weighted by Gasteiger charge is -2.23. The van der Waals surface area contributed by atoms with Crippen LogP contribution in [0.15, 0.2) is 46.7 Å². The van der Waals surface area contributed by atoms with Gasteiger partial charge in [-0.3, -0.25) is 10.1 Å². The van der Waals surface area contributed by atoms with E-state index in [1.807, 2.05) is 5.38 Å². The Hall–Kier alpha value is -2.55. The molecule has 1 heterocycles. The van der Waals surface area contributed by atoms with Gasteiger partial charge in [-0.15, -0.1) is 11.3 Å². The minimum Gasteiger partial charge on any atom is -0.298 e. The monoisotopic (exact) mass is 483 g/mol. The molecule has 1 aliphatic rings. The second kappa shape index (κ2) is 9.37. The highest BCUT2D eigenvalue weighted by Gasteiger charge is 2.30. The molecule has 1 aliphatic carbocycles. The van der Waals surface area contributed by atoms with Crippen molar-refractivity contribution in [1.29, 1.82) is 0 Å². The van der Waals surface area contributed by atoms with E-state index >= 15 is 0 Å². The molecule has 6 nitrogen and oxygen atoms in total. The number of sulfonamides is 1. The van der Waals surface area contributed by atoms with Crippen molar-refractivity contribution >= 4 is 32.4 Å². The van der Waals surface area contributed by atoms with Crippen LogP contribution in [0.3, 0.4) is 0 Å². The number of amides is 1. The highest BCUT2D eigenvalue weighted by atomic mass is 32.2. The maximum absolute atomic E-state index is 12.9. The predicted molar refractivity (Wildman–Crippen MR) is 133 cm³/mol. The van der Waals surface area contributed by atoms with E-state index in [9.17, 15) is 13.2 Å². The van der Waals surface area contributed by atoms with Crippen molar-refractivity contribution in [2.24, 2.45) is 0 Å². The van der Waals surface area contributed by atoms with Gasteiger partial charge < -0.3 is 0 Å². The summed E-state index contributed by atoms with van der Waals surface area (Å²) in [6, 6.07) is 10.4. The first-order valence-corrected chi connectivity index (χ1v) is 13.4. The minimum atomic E-state index is -3.57. The molecule has 1 aromatic heterocycles. The summed E-state index contributed by atoms with van der Waals surface area (Å²) in [5.41, 5.74) is 5.80. The van der Waals surface area contributed by atoms with Crippen LogP contribution >= 0.6 is 11.3 Å². The lowest BCUT2D eigenvalue weighted by Crippen LogP contribution is -2.35. The number of aromatic nitrogens is 1. The molecule has 2 aromatic carbocycles. The Labute approximate surface area is 199 Å². The van der Waals surface area contributed by atoms with Crippen molar-refractivity contribution in [3.63, 3.8) is 0 Å². The van der Waals surface area contributed by atoms with Crippen LogP contribution in [0.5, 0.6) is 0 Å². The molecule has 1 N–H and O–H groups in total. The van der Waals surface area contributed by atoms with E-state index in [1.165, 1.54) is 33.3 Å². The number of hydrogen-bond donors (Lipinski definition) is 1. The standard InChI is InChI=1S/C25H29N3O3S2/c1-16-13-17(2)23(18(3)14-16)22-15-32-25(26-22)27-24(29)19-9-11-21(12-10-19)33(30,31)28(4)20-7-5-6-8-20/h9-15,20H,5-8H2,1-4H3,(H,26,27,29). The number of nitrogens with one attached hydrogen (secondary N) is 1. The summed E-state index contributed by atoms with van der Waals surface area (Å²) >= 11 is 1.37. The van der Waals surface area contributed by atoms with E-state index in [0.29, 0.717) is 10.7 Å². The topological polar surface area (TPSA) is 79.4 Å². The largest absolute Gasteiger partial charge is 0.298 e. The lowest BCUT2D eigenvalue weighted by atomic mass is 9.98. The fourth-order valence-electron chi connectivity index (χ4n) is 4.61. The molecule has 0 bridgehead atoms. The molecule has 1 saturated carbocycles. The highest BCUT2D eigenvalue weighted by Crippen LogP contribution is 2.31. The van der Waals surface area contributed by atoms with E-state index in [-0.39, 0.29) is 16.8 Å². The average molecular weight is 484 g/mol.